The van der Waals surface area contributed by atoms with E-state index in [1.54, 1.807) is 0 Å². The van der Waals surface area contributed by atoms with Gasteiger partial charge < -0.3 is 29.2 Å². The zero-order valence-electron chi connectivity index (χ0n) is 32.4. The first-order valence-electron chi connectivity index (χ1n) is 19.7. The maximum absolute atomic E-state index is 13.1. The molecular weight excluding hydrogens is 792 g/mol. The number of carbonyl (C=O) groups excluding carboxylic acids is 2. The molecule has 308 valence electrons. The Morgan fingerprint density at radius 3 is 2.18 bits per heavy atom. The van der Waals surface area contributed by atoms with E-state index in [4.69, 9.17) is 18.9 Å². The van der Waals surface area contributed by atoms with Gasteiger partial charge in [0.25, 0.3) is 5.22 Å². The van der Waals surface area contributed by atoms with Crippen LogP contribution < -0.4 is 5.32 Å². The van der Waals surface area contributed by atoms with Crippen molar-refractivity contribution in [2.45, 2.75) is 68.4 Å². The highest BCUT2D eigenvalue weighted by Crippen LogP contribution is 2.42. The van der Waals surface area contributed by atoms with Crippen LogP contribution in [0.5, 0.6) is 0 Å². The second kappa shape index (κ2) is 18.3. The number of alkyl halides is 3. The molecule has 4 atom stereocenters. The Bertz CT molecular complexity index is 2350. The van der Waals surface area contributed by atoms with E-state index in [1.807, 2.05) is 133 Å². The lowest BCUT2D eigenvalue weighted by atomic mass is 9.99. The van der Waals surface area contributed by atoms with Crippen LogP contribution in [-0.4, -0.2) is 57.4 Å². The third-order valence-electron chi connectivity index (χ3n) is 10.6. The van der Waals surface area contributed by atoms with Crippen molar-refractivity contribution in [3.63, 3.8) is 0 Å². The van der Waals surface area contributed by atoms with Gasteiger partial charge in [0.2, 0.25) is 5.91 Å². The Morgan fingerprint density at radius 2 is 1.47 bits per heavy atom. The van der Waals surface area contributed by atoms with Crippen LogP contribution in [0.3, 0.4) is 0 Å². The number of aliphatic hydroxyl groups is 1. The maximum atomic E-state index is 13.1. The van der Waals surface area contributed by atoms with Crippen LogP contribution in [0.4, 0.5) is 13.2 Å². The largest absolute Gasteiger partial charge is 0.471 e. The van der Waals surface area contributed by atoms with Crippen molar-refractivity contribution in [2.24, 2.45) is 0 Å². The third-order valence-corrected chi connectivity index (χ3v) is 11.6. The van der Waals surface area contributed by atoms with Crippen molar-refractivity contribution in [3.8, 4) is 33.7 Å². The molecule has 2 N–H and O–H groups in total. The summed E-state index contributed by atoms with van der Waals surface area (Å²) < 4.78 is 59.2. The van der Waals surface area contributed by atoms with Gasteiger partial charge in [0.1, 0.15) is 11.7 Å². The molecule has 3 heterocycles. The number of carbonyl (C=O) groups is 2. The fourth-order valence-electron chi connectivity index (χ4n) is 7.60. The van der Waals surface area contributed by atoms with Gasteiger partial charge in [-0.3, -0.25) is 9.59 Å². The Hall–Kier alpha value is -5.73. The highest BCUT2D eigenvalue weighted by atomic mass is 32.2. The number of ether oxygens (including phenoxy) is 2. The van der Waals surface area contributed by atoms with E-state index in [9.17, 15) is 27.9 Å². The first kappa shape index (κ1) is 41.0. The van der Waals surface area contributed by atoms with Crippen LogP contribution in [0.15, 0.2) is 143 Å². The van der Waals surface area contributed by atoms with Crippen molar-refractivity contribution in [2.75, 3.05) is 12.3 Å². The minimum absolute atomic E-state index is 0.0641. The van der Waals surface area contributed by atoms with Crippen molar-refractivity contribution >= 4 is 23.6 Å². The van der Waals surface area contributed by atoms with E-state index in [2.05, 4.69) is 5.32 Å². The second-order valence-electron chi connectivity index (χ2n) is 14.7. The molecule has 0 aliphatic carbocycles. The predicted molar refractivity (Wildman–Crippen MR) is 221 cm³/mol. The molecule has 0 spiro atoms. The van der Waals surface area contributed by atoms with Crippen LogP contribution in [0, 0.1) is 0 Å². The zero-order valence-corrected chi connectivity index (χ0v) is 33.2. The number of rotatable bonds is 12. The van der Waals surface area contributed by atoms with Crippen molar-refractivity contribution in [3.05, 3.63) is 156 Å². The smallest absolute Gasteiger partial charge is 0.431 e. The molecular formula is C47H42F3N3O6S. The van der Waals surface area contributed by atoms with Gasteiger partial charge in [-0.15, -0.1) is 0 Å². The quantitative estimate of drug-likeness (QED) is 0.117. The lowest BCUT2D eigenvalue weighted by Crippen LogP contribution is -2.50. The number of nitrogens with one attached hydrogen (secondary N) is 1. The summed E-state index contributed by atoms with van der Waals surface area (Å²) in [7, 11) is 0. The molecule has 6 aromatic rings. The highest BCUT2D eigenvalue weighted by molar-refractivity contribution is 7.99. The summed E-state index contributed by atoms with van der Waals surface area (Å²) in [5, 5.41) is 12.9. The normalized spacial score (nSPS) is 19.3. The van der Waals surface area contributed by atoms with E-state index in [1.165, 1.54) is 11.8 Å². The standard InChI is InChI=1S/C47H42F3N3O6S/c48-47(49,50)45(56)53-23-9-18-39(53)43(55)51-27-31-10-7-15-35(24-31)36-16-8-17-37(25-36)44-57-38(26-40(58-44)32-21-19-30(28-54)20-22-32)29-60-46-52-41(33-11-3-1-4-12-33)42(59-46)34-13-5-2-6-14-34/h1-8,10-17,19-22,24-25,38-40,44,54H,9,18,23,26-29H2,(H,51,55)/t38-,39+,40+,44+/m1/s1. The number of amides is 2. The van der Waals surface area contributed by atoms with Crippen LogP contribution in [0.1, 0.15) is 53.9 Å². The monoisotopic (exact) mass is 833 g/mol. The Kier molecular flexibility index (Phi) is 12.5. The highest BCUT2D eigenvalue weighted by Gasteiger charge is 2.47. The summed E-state index contributed by atoms with van der Waals surface area (Å²) in [5.41, 5.74) is 7.65. The number of hydrogen-bond acceptors (Lipinski definition) is 8. The second-order valence-corrected chi connectivity index (χ2v) is 15.7. The number of aromatic nitrogens is 1. The molecule has 0 radical (unpaired) electrons. The van der Waals surface area contributed by atoms with Gasteiger partial charge in [0.05, 0.1) is 18.8 Å². The molecule has 8 rings (SSSR count). The van der Waals surface area contributed by atoms with E-state index in [0.29, 0.717) is 34.5 Å². The molecule has 0 bridgehead atoms. The van der Waals surface area contributed by atoms with Crippen molar-refractivity contribution in [1.82, 2.24) is 15.2 Å². The number of thioether (sulfide) groups is 1. The average molecular weight is 834 g/mol. The summed E-state index contributed by atoms with van der Waals surface area (Å²) in [4.78, 5) is 30.4. The molecule has 2 aliphatic heterocycles. The molecule has 60 heavy (non-hydrogen) atoms. The van der Waals surface area contributed by atoms with Gasteiger partial charge in [-0.05, 0) is 52.8 Å². The van der Waals surface area contributed by atoms with Crippen LogP contribution >= 0.6 is 11.8 Å². The Morgan fingerprint density at radius 1 is 0.783 bits per heavy atom. The van der Waals surface area contributed by atoms with Gasteiger partial charge >= 0.3 is 12.1 Å². The van der Waals surface area contributed by atoms with E-state index >= 15 is 0 Å². The van der Waals surface area contributed by atoms with E-state index in [0.717, 1.165) is 50.2 Å². The average Bonchev–Trinajstić information content (AvgIpc) is 3.96. The number of benzene rings is 5. The lowest BCUT2D eigenvalue weighted by Gasteiger charge is -2.36. The molecule has 5 aromatic carbocycles. The summed E-state index contributed by atoms with van der Waals surface area (Å²) in [5.74, 6) is -1.38. The van der Waals surface area contributed by atoms with E-state index in [-0.39, 0.29) is 38.3 Å². The van der Waals surface area contributed by atoms with Crippen molar-refractivity contribution in [1.29, 1.82) is 0 Å². The summed E-state index contributed by atoms with van der Waals surface area (Å²) in [6.07, 6.45) is -5.29. The van der Waals surface area contributed by atoms with Gasteiger partial charge in [0, 0.05) is 42.0 Å². The number of halogens is 3. The molecule has 0 saturated carbocycles. The molecule has 2 saturated heterocycles. The van der Waals surface area contributed by atoms with Crippen molar-refractivity contribution < 1.29 is 41.8 Å². The van der Waals surface area contributed by atoms with Gasteiger partial charge in [-0.1, -0.05) is 133 Å². The molecule has 2 amide bonds. The van der Waals surface area contributed by atoms with Gasteiger partial charge in [-0.2, -0.15) is 13.2 Å². The maximum Gasteiger partial charge on any atom is 0.471 e. The molecule has 9 nitrogen and oxygen atoms in total. The number of aliphatic hydroxyl groups excluding tert-OH is 1. The fraction of sp³-hybridized carbons (Fsp3) is 0.255. The number of nitrogens with zero attached hydrogens (tertiary/aromatic N) is 2. The molecule has 1 aromatic heterocycles. The molecule has 2 aliphatic rings. The third kappa shape index (κ3) is 9.50. The Balaban J connectivity index is 0.997. The fourth-order valence-corrected chi connectivity index (χ4v) is 8.45. The lowest BCUT2D eigenvalue weighted by molar-refractivity contribution is -0.245. The SMILES string of the molecule is O=C(NCc1cccc(-c2cccc([C@H]3O[C@@H](CSc4nc(-c5ccccc5)c(-c5ccccc5)o4)C[C@@H](c4ccc(CO)cc4)O3)c2)c1)[C@@H]1CCCN1C(=O)C(F)(F)F. The summed E-state index contributed by atoms with van der Waals surface area (Å²) >= 11 is 1.48. The molecule has 13 heteroatoms. The number of hydrogen-bond donors (Lipinski definition) is 2. The van der Waals surface area contributed by atoms with Crippen LogP contribution in [0.2, 0.25) is 0 Å². The first-order valence-corrected chi connectivity index (χ1v) is 20.7. The summed E-state index contributed by atoms with van der Waals surface area (Å²) in [6.45, 7) is -0.100. The summed E-state index contributed by atoms with van der Waals surface area (Å²) in [6, 6.07) is 41.7. The number of likely N-dealkylation sites (tertiary alicyclic amines) is 1. The van der Waals surface area contributed by atoms with Gasteiger partial charge in [0.15, 0.2) is 12.1 Å². The minimum atomic E-state index is -5.04. The molecule has 2 fully saturated rings. The minimum Gasteiger partial charge on any atom is -0.431 e. The topological polar surface area (TPSA) is 114 Å². The molecule has 0 unspecified atom stereocenters. The van der Waals surface area contributed by atoms with Crippen LogP contribution in [-0.2, 0) is 32.2 Å². The van der Waals surface area contributed by atoms with Crippen LogP contribution in [0.25, 0.3) is 33.7 Å². The number of oxazole rings is 1. The first-order chi connectivity index (χ1) is 29.1. The van der Waals surface area contributed by atoms with Gasteiger partial charge in [-0.25, -0.2) is 4.98 Å². The predicted octanol–water partition coefficient (Wildman–Crippen LogP) is 9.68. The van der Waals surface area contributed by atoms with E-state index < -0.39 is 30.3 Å². The Labute approximate surface area is 349 Å². The zero-order chi connectivity index (χ0) is 41.6.